The van der Waals surface area contributed by atoms with Crippen LogP contribution in [0.3, 0.4) is 0 Å². The van der Waals surface area contributed by atoms with Gasteiger partial charge in [-0.1, -0.05) is 29.8 Å². The number of phenols is 1. The lowest BCUT2D eigenvalue weighted by Gasteiger charge is -2.15. The number of aromatic carboxylic acids is 1. The van der Waals surface area contributed by atoms with E-state index in [4.69, 9.17) is 22.4 Å². The van der Waals surface area contributed by atoms with Crippen molar-refractivity contribution in [1.82, 2.24) is 0 Å². The Morgan fingerprint density at radius 1 is 1.09 bits per heavy atom. The number of thioether (sulfide) groups is 1. The van der Waals surface area contributed by atoms with E-state index in [1.165, 1.54) is 11.8 Å². The van der Waals surface area contributed by atoms with Crippen molar-refractivity contribution in [2.75, 3.05) is 17.0 Å². The molecule has 174 valence electrons. The Bertz CT molecular complexity index is 1340. The van der Waals surface area contributed by atoms with Gasteiger partial charge in [0.1, 0.15) is 16.5 Å². The van der Waals surface area contributed by atoms with Crippen LogP contribution < -0.4 is 10.5 Å². The molecule has 5 N–H and O–H groups in total. The molecule has 0 saturated heterocycles. The largest absolute Gasteiger partial charge is 0.505 e. The maximum atomic E-state index is 14.7. The van der Waals surface area contributed by atoms with E-state index >= 15 is 0 Å². The summed E-state index contributed by atoms with van der Waals surface area (Å²) in [5, 5.41) is 18.7. The monoisotopic (exact) mass is 514 g/mol. The number of nitrogens with one attached hydrogen (secondary N) is 1. The van der Waals surface area contributed by atoms with Crippen LogP contribution in [-0.2, 0) is 10.0 Å². The van der Waals surface area contributed by atoms with Gasteiger partial charge in [0, 0.05) is 28.8 Å². The van der Waals surface area contributed by atoms with Gasteiger partial charge in [0.25, 0.3) is 10.0 Å². The van der Waals surface area contributed by atoms with E-state index < -0.39 is 54.5 Å². The average Bonchev–Trinajstić information content (AvgIpc) is 2.76. The molecule has 3 aromatic rings. The number of phenolic OH excluding ortho intramolecular Hbond substituents is 1. The summed E-state index contributed by atoms with van der Waals surface area (Å²) in [6.45, 7) is 0.372. The van der Waals surface area contributed by atoms with E-state index in [-0.39, 0.29) is 5.56 Å². The Labute approximate surface area is 197 Å². The fraction of sp³-hybridized carbons (Fsp3) is 0.0952. The molecule has 0 heterocycles. The van der Waals surface area contributed by atoms with Gasteiger partial charge >= 0.3 is 5.97 Å². The van der Waals surface area contributed by atoms with Crippen molar-refractivity contribution in [3.05, 3.63) is 70.8 Å². The number of rotatable bonds is 8. The fourth-order valence-electron chi connectivity index (χ4n) is 2.92. The minimum atomic E-state index is -4.71. The van der Waals surface area contributed by atoms with Gasteiger partial charge < -0.3 is 15.9 Å². The van der Waals surface area contributed by atoms with E-state index in [1.54, 1.807) is 24.3 Å². The van der Waals surface area contributed by atoms with Crippen molar-refractivity contribution >= 4 is 45.0 Å². The summed E-state index contributed by atoms with van der Waals surface area (Å²) in [7, 11) is -4.71. The van der Waals surface area contributed by atoms with Gasteiger partial charge in [-0.3, -0.25) is 4.72 Å². The number of benzene rings is 3. The quantitative estimate of drug-likeness (QED) is 0.325. The van der Waals surface area contributed by atoms with Crippen molar-refractivity contribution < 1.29 is 32.2 Å². The average molecular weight is 515 g/mol. The van der Waals surface area contributed by atoms with E-state index in [0.29, 0.717) is 34.9 Å². The molecule has 0 fully saturated rings. The zero-order valence-corrected chi connectivity index (χ0v) is 19.1. The first-order valence-electron chi connectivity index (χ1n) is 9.25. The molecular formula is C21H17ClF2N2O5S2. The molecule has 0 saturated carbocycles. The summed E-state index contributed by atoms with van der Waals surface area (Å²) in [6, 6.07) is 9.73. The van der Waals surface area contributed by atoms with E-state index in [1.807, 2.05) is 4.72 Å². The standard InChI is InChI=1S/C21H17ClF2N2O5S2/c22-14-7-11(21(28)29)8-19(20(14)27)33(30,31)26-17-9-13(15(23)10-16(17)24)12-3-1-2-4-18(12)32-6-5-25/h1-4,7-10,26-27H,5-6,25H2,(H,28,29). The molecule has 3 rings (SSSR count). The number of carboxylic acids is 1. The van der Waals surface area contributed by atoms with Crippen molar-refractivity contribution in [1.29, 1.82) is 0 Å². The molecule has 0 amide bonds. The minimum absolute atomic E-state index is 0.0734. The number of anilines is 1. The highest BCUT2D eigenvalue weighted by atomic mass is 35.5. The molecule has 0 aliphatic rings. The van der Waals surface area contributed by atoms with Crippen molar-refractivity contribution in [3.63, 3.8) is 0 Å². The maximum Gasteiger partial charge on any atom is 0.335 e. The Morgan fingerprint density at radius 2 is 1.79 bits per heavy atom. The van der Waals surface area contributed by atoms with Crippen molar-refractivity contribution in [2.45, 2.75) is 9.79 Å². The van der Waals surface area contributed by atoms with Crippen LogP contribution in [0.15, 0.2) is 58.3 Å². The first-order valence-corrected chi connectivity index (χ1v) is 12.1. The smallest absolute Gasteiger partial charge is 0.335 e. The van der Waals surface area contributed by atoms with Crippen LogP contribution in [0.1, 0.15) is 10.4 Å². The lowest BCUT2D eigenvalue weighted by Crippen LogP contribution is -2.15. The Kier molecular flexibility index (Phi) is 7.48. The second-order valence-electron chi connectivity index (χ2n) is 6.66. The fourth-order valence-corrected chi connectivity index (χ4v) is 5.24. The van der Waals surface area contributed by atoms with Gasteiger partial charge in [-0.25, -0.2) is 22.0 Å². The first kappa shape index (κ1) is 24.8. The Morgan fingerprint density at radius 3 is 2.45 bits per heavy atom. The van der Waals surface area contributed by atoms with E-state index in [2.05, 4.69) is 0 Å². The third-order valence-electron chi connectivity index (χ3n) is 4.42. The van der Waals surface area contributed by atoms with Crippen LogP contribution in [0.25, 0.3) is 11.1 Å². The van der Waals surface area contributed by atoms with E-state index in [9.17, 15) is 27.1 Å². The molecular weight excluding hydrogens is 498 g/mol. The lowest BCUT2D eigenvalue weighted by molar-refractivity contribution is 0.0696. The number of aromatic hydroxyl groups is 1. The summed E-state index contributed by atoms with van der Waals surface area (Å²) in [5.41, 5.74) is 4.73. The first-order chi connectivity index (χ1) is 15.5. The SMILES string of the molecule is NCCSc1ccccc1-c1cc(NS(=O)(=O)c2cc(C(=O)O)cc(Cl)c2O)c(F)cc1F. The molecule has 0 aliphatic heterocycles. The van der Waals surface area contributed by atoms with Crippen LogP contribution in [0.5, 0.6) is 5.75 Å². The molecule has 0 bridgehead atoms. The van der Waals surface area contributed by atoms with Crippen LogP contribution in [0.2, 0.25) is 5.02 Å². The van der Waals surface area contributed by atoms with Gasteiger partial charge in [0.2, 0.25) is 0 Å². The summed E-state index contributed by atoms with van der Waals surface area (Å²) in [6.07, 6.45) is 0. The summed E-state index contributed by atoms with van der Waals surface area (Å²) >= 11 is 7.10. The van der Waals surface area contributed by atoms with Gasteiger partial charge in [0.05, 0.1) is 16.3 Å². The Balaban J connectivity index is 2.09. The summed E-state index contributed by atoms with van der Waals surface area (Å²) < 4.78 is 56.8. The highest BCUT2D eigenvalue weighted by Crippen LogP contribution is 2.37. The van der Waals surface area contributed by atoms with Gasteiger partial charge in [-0.2, -0.15) is 0 Å². The van der Waals surface area contributed by atoms with Crippen LogP contribution in [-0.4, -0.2) is 36.9 Å². The molecule has 0 unspecified atom stereocenters. The highest BCUT2D eigenvalue weighted by molar-refractivity contribution is 7.99. The highest BCUT2D eigenvalue weighted by Gasteiger charge is 2.25. The number of nitrogens with two attached hydrogens (primary N) is 1. The van der Waals surface area contributed by atoms with Gasteiger partial charge in [-0.15, -0.1) is 11.8 Å². The molecule has 0 radical (unpaired) electrons. The minimum Gasteiger partial charge on any atom is -0.505 e. The number of carbonyl (C=O) groups is 1. The topological polar surface area (TPSA) is 130 Å². The second kappa shape index (κ2) is 9.96. The van der Waals surface area contributed by atoms with Crippen LogP contribution in [0.4, 0.5) is 14.5 Å². The molecule has 0 atom stereocenters. The molecule has 0 aromatic heterocycles. The van der Waals surface area contributed by atoms with Gasteiger partial charge in [0.15, 0.2) is 5.75 Å². The van der Waals surface area contributed by atoms with Crippen molar-refractivity contribution in [3.8, 4) is 16.9 Å². The Hall–Kier alpha value is -2.86. The maximum absolute atomic E-state index is 14.7. The van der Waals surface area contributed by atoms with Crippen LogP contribution >= 0.6 is 23.4 Å². The molecule has 0 aliphatic carbocycles. The predicted octanol–water partition coefficient (Wildman–Crippen LogP) is 4.54. The third kappa shape index (κ3) is 5.38. The molecule has 7 nitrogen and oxygen atoms in total. The van der Waals surface area contributed by atoms with E-state index in [0.717, 1.165) is 12.1 Å². The molecule has 3 aromatic carbocycles. The third-order valence-corrected chi connectivity index (χ3v) is 7.19. The molecule has 0 spiro atoms. The summed E-state index contributed by atoms with van der Waals surface area (Å²) in [4.78, 5) is 11.0. The van der Waals surface area contributed by atoms with Crippen LogP contribution in [0, 0.1) is 11.6 Å². The number of halogens is 3. The number of hydrogen-bond donors (Lipinski definition) is 4. The molecule has 12 heteroatoms. The lowest BCUT2D eigenvalue weighted by atomic mass is 10.0. The predicted molar refractivity (Wildman–Crippen MR) is 122 cm³/mol. The number of carboxylic acid groups (broad SMARTS) is 1. The van der Waals surface area contributed by atoms with Crippen molar-refractivity contribution in [2.24, 2.45) is 5.73 Å². The normalized spacial score (nSPS) is 11.4. The number of hydrogen-bond acceptors (Lipinski definition) is 6. The second-order valence-corrected chi connectivity index (χ2v) is 9.86. The molecule has 33 heavy (non-hydrogen) atoms. The zero-order valence-electron chi connectivity index (χ0n) is 16.7. The van der Waals surface area contributed by atoms with Gasteiger partial charge in [-0.05, 0) is 29.8 Å². The zero-order chi connectivity index (χ0) is 24.3. The number of sulfonamides is 1. The summed E-state index contributed by atoms with van der Waals surface area (Å²) in [5.74, 6) is -4.00.